The smallest absolute Gasteiger partial charge is 0.229 e. The van der Waals surface area contributed by atoms with E-state index in [4.69, 9.17) is 4.98 Å². The van der Waals surface area contributed by atoms with Gasteiger partial charge in [-0.2, -0.15) is 0 Å². The van der Waals surface area contributed by atoms with Gasteiger partial charge in [-0.3, -0.25) is 9.69 Å². The monoisotopic (exact) mass is 382 g/mol. The summed E-state index contributed by atoms with van der Waals surface area (Å²) >= 11 is 1.61. The number of carbonyl (C=O) groups is 1. The molecule has 1 heterocycles. The van der Waals surface area contributed by atoms with Crippen LogP contribution in [-0.2, 0) is 11.2 Å². The number of nitrogens with zero attached hydrogens (tertiary/aromatic N) is 2. The second kappa shape index (κ2) is 9.62. The number of amides is 1. The van der Waals surface area contributed by atoms with Gasteiger partial charge >= 0.3 is 0 Å². The van der Waals surface area contributed by atoms with Gasteiger partial charge in [-0.25, -0.2) is 4.98 Å². The second-order valence-corrected chi connectivity index (χ2v) is 7.71. The van der Waals surface area contributed by atoms with Crippen LogP contribution in [0.3, 0.4) is 0 Å². The number of hydrogen-bond donors (Lipinski definition) is 1. The van der Waals surface area contributed by atoms with E-state index in [1.807, 2.05) is 41.3 Å². The molecule has 0 aliphatic carbocycles. The first-order chi connectivity index (χ1) is 13.2. The number of nitrogens with one attached hydrogen (secondary N) is 1. The summed E-state index contributed by atoms with van der Waals surface area (Å²) in [7, 11) is 0. The Labute approximate surface area is 165 Å². The van der Waals surface area contributed by atoms with Gasteiger partial charge in [0, 0.05) is 6.42 Å². The summed E-state index contributed by atoms with van der Waals surface area (Å²) in [6.45, 7) is 8.19. The zero-order valence-corrected chi connectivity index (χ0v) is 17.0. The van der Waals surface area contributed by atoms with Crippen LogP contribution in [0, 0.1) is 0 Å². The Hall–Kier alpha value is -2.24. The van der Waals surface area contributed by atoms with Crippen LogP contribution in [0.15, 0.2) is 54.6 Å². The third-order valence-corrected chi connectivity index (χ3v) is 6.03. The molecule has 0 saturated carbocycles. The van der Waals surface area contributed by atoms with Gasteiger partial charge in [-0.05, 0) is 38.0 Å². The van der Waals surface area contributed by atoms with E-state index in [0.29, 0.717) is 13.0 Å². The van der Waals surface area contributed by atoms with Gasteiger partial charge in [0.2, 0.25) is 5.91 Å². The lowest BCUT2D eigenvalue weighted by molar-refractivity contribution is -0.894. The van der Waals surface area contributed by atoms with Crippen molar-refractivity contribution in [3.63, 3.8) is 0 Å². The molecule has 0 atom stereocenters. The lowest BCUT2D eigenvalue weighted by atomic mass is 10.1. The molecule has 0 spiro atoms. The summed E-state index contributed by atoms with van der Waals surface area (Å²) in [6, 6.07) is 18.3. The van der Waals surface area contributed by atoms with E-state index in [9.17, 15) is 4.79 Å². The fourth-order valence-electron chi connectivity index (χ4n) is 3.21. The standard InChI is InChI=1S/C22H27N3OS/c1-3-24(4-2)16-17-25(21(26)15-14-18-10-6-5-7-11-18)22-23-19-12-8-9-13-20(19)27-22/h5-13H,3-4,14-17H2,1-2H3/p+1. The van der Waals surface area contributed by atoms with Gasteiger partial charge in [-0.1, -0.05) is 53.8 Å². The van der Waals surface area contributed by atoms with Crippen molar-refractivity contribution in [2.75, 3.05) is 31.1 Å². The van der Waals surface area contributed by atoms with Crippen LogP contribution < -0.4 is 9.80 Å². The molecule has 27 heavy (non-hydrogen) atoms. The number of hydrogen-bond acceptors (Lipinski definition) is 3. The molecule has 5 heteroatoms. The Morgan fingerprint density at radius 2 is 1.74 bits per heavy atom. The molecule has 1 N–H and O–H groups in total. The first-order valence-corrected chi connectivity index (χ1v) is 10.6. The largest absolute Gasteiger partial charge is 0.334 e. The predicted octanol–water partition coefficient (Wildman–Crippen LogP) is 3.19. The number of likely N-dealkylation sites (N-methyl/N-ethyl adjacent to an activating group) is 1. The summed E-state index contributed by atoms with van der Waals surface area (Å²) in [5.74, 6) is 0.157. The number of fused-ring (bicyclic) bond motifs is 1. The maximum absolute atomic E-state index is 13.1. The van der Waals surface area contributed by atoms with Crippen LogP contribution in [-0.4, -0.2) is 37.1 Å². The number of benzene rings is 2. The molecule has 0 unspecified atom stereocenters. The molecule has 1 aromatic heterocycles. The summed E-state index contributed by atoms with van der Waals surface area (Å²) in [4.78, 5) is 21.2. The molecule has 0 saturated heterocycles. The van der Waals surface area contributed by atoms with Gasteiger partial charge in [0.25, 0.3) is 0 Å². The number of anilines is 1. The highest BCUT2D eigenvalue weighted by atomic mass is 32.1. The highest BCUT2D eigenvalue weighted by Gasteiger charge is 2.21. The van der Waals surface area contributed by atoms with Crippen LogP contribution in [0.2, 0.25) is 0 Å². The minimum atomic E-state index is 0.157. The first kappa shape index (κ1) is 19.5. The van der Waals surface area contributed by atoms with E-state index in [-0.39, 0.29) is 5.91 Å². The molecule has 0 bridgehead atoms. The Balaban J connectivity index is 1.76. The molecule has 3 rings (SSSR count). The van der Waals surface area contributed by atoms with Gasteiger partial charge in [0.1, 0.15) is 0 Å². The summed E-state index contributed by atoms with van der Waals surface area (Å²) < 4.78 is 1.13. The second-order valence-electron chi connectivity index (χ2n) is 6.70. The Kier molecular flexibility index (Phi) is 6.96. The summed E-state index contributed by atoms with van der Waals surface area (Å²) in [6.07, 6.45) is 1.27. The predicted molar refractivity (Wildman–Crippen MR) is 114 cm³/mol. The van der Waals surface area contributed by atoms with Crippen LogP contribution in [0.25, 0.3) is 10.2 Å². The van der Waals surface area contributed by atoms with Gasteiger partial charge in [0.05, 0.1) is 36.4 Å². The minimum Gasteiger partial charge on any atom is -0.334 e. The van der Waals surface area contributed by atoms with E-state index < -0.39 is 0 Å². The maximum atomic E-state index is 13.1. The quantitative estimate of drug-likeness (QED) is 0.617. The fourth-order valence-corrected chi connectivity index (χ4v) is 4.22. The average molecular weight is 383 g/mol. The van der Waals surface area contributed by atoms with Gasteiger partial charge in [-0.15, -0.1) is 0 Å². The summed E-state index contributed by atoms with van der Waals surface area (Å²) in [5, 5.41) is 0.820. The van der Waals surface area contributed by atoms with Crippen LogP contribution >= 0.6 is 11.3 Å². The number of quaternary nitrogens is 1. The molecule has 0 radical (unpaired) electrons. The van der Waals surface area contributed by atoms with Gasteiger partial charge in [0.15, 0.2) is 5.13 Å². The first-order valence-electron chi connectivity index (χ1n) is 9.74. The van der Waals surface area contributed by atoms with E-state index in [0.717, 1.165) is 41.4 Å². The van der Waals surface area contributed by atoms with Gasteiger partial charge < -0.3 is 4.90 Å². The molecule has 3 aromatic rings. The lowest BCUT2D eigenvalue weighted by Crippen LogP contribution is -3.12. The third kappa shape index (κ3) is 5.15. The van der Waals surface area contributed by atoms with E-state index >= 15 is 0 Å². The Bertz CT molecular complexity index is 825. The third-order valence-electron chi connectivity index (χ3n) is 4.97. The minimum absolute atomic E-state index is 0.157. The average Bonchev–Trinajstić information content (AvgIpc) is 3.14. The molecule has 4 nitrogen and oxygen atoms in total. The zero-order valence-electron chi connectivity index (χ0n) is 16.1. The topological polar surface area (TPSA) is 37.6 Å². The van der Waals surface area contributed by atoms with Crippen molar-refractivity contribution in [2.24, 2.45) is 0 Å². The molecule has 2 aromatic carbocycles. The zero-order chi connectivity index (χ0) is 19.1. The SMILES string of the molecule is CC[NH+](CC)CCN(C(=O)CCc1ccccc1)c1nc2ccccc2s1. The van der Waals surface area contributed by atoms with E-state index in [2.05, 4.69) is 32.0 Å². The fraction of sp³-hybridized carbons (Fsp3) is 0.364. The van der Waals surface area contributed by atoms with Crippen molar-refractivity contribution in [1.29, 1.82) is 0 Å². The molecule has 0 aliphatic heterocycles. The molecule has 142 valence electrons. The number of aryl methyl sites for hydroxylation is 1. The number of rotatable bonds is 9. The molecule has 0 fully saturated rings. The van der Waals surface area contributed by atoms with Crippen molar-refractivity contribution in [3.8, 4) is 0 Å². The molecule has 0 aliphatic rings. The maximum Gasteiger partial charge on any atom is 0.229 e. The highest BCUT2D eigenvalue weighted by molar-refractivity contribution is 7.22. The number of aromatic nitrogens is 1. The van der Waals surface area contributed by atoms with Crippen molar-refractivity contribution >= 4 is 32.6 Å². The van der Waals surface area contributed by atoms with E-state index in [1.165, 1.54) is 10.5 Å². The van der Waals surface area contributed by atoms with Crippen molar-refractivity contribution in [2.45, 2.75) is 26.7 Å². The number of thiazole rings is 1. The lowest BCUT2D eigenvalue weighted by Gasteiger charge is -2.23. The van der Waals surface area contributed by atoms with Crippen LogP contribution in [0.5, 0.6) is 0 Å². The highest BCUT2D eigenvalue weighted by Crippen LogP contribution is 2.28. The van der Waals surface area contributed by atoms with E-state index in [1.54, 1.807) is 11.3 Å². The molecular formula is C22H28N3OS+. The summed E-state index contributed by atoms with van der Waals surface area (Å²) in [5.41, 5.74) is 2.16. The van der Waals surface area contributed by atoms with Crippen molar-refractivity contribution < 1.29 is 9.69 Å². The van der Waals surface area contributed by atoms with Crippen LogP contribution in [0.4, 0.5) is 5.13 Å². The molecule has 1 amide bonds. The normalized spacial score (nSPS) is 11.2. The molecular weight excluding hydrogens is 354 g/mol. The number of carbonyl (C=O) groups excluding carboxylic acids is 1. The van der Waals surface area contributed by atoms with Crippen molar-refractivity contribution in [1.82, 2.24) is 4.98 Å². The Morgan fingerprint density at radius 1 is 1.04 bits per heavy atom. The van der Waals surface area contributed by atoms with Crippen LogP contribution in [0.1, 0.15) is 25.8 Å². The Morgan fingerprint density at radius 3 is 2.44 bits per heavy atom. The number of para-hydroxylation sites is 1. The van der Waals surface area contributed by atoms with Crippen molar-refractivity contribution in [3.05, 3.63) is 60.2 Å².